The van der Waals surface area contributed by atoms with Crippen LogP contribution in [0.4, 0.5) is 5.69 Å². The van der Waals surface area contributed by atoms with Crippen LogP contribution >= 0.6 is 23.2 Å². The largest absolute Gasteiger partial charge is 0.385 e. The molecule has 2 aromatic carbocycles. The van der Waals surface area contributed by atoms with Crippen molar-refractivity contribution in [3.63, 3.8) is 0 Å². The van der Waals surface area contributed by atoms with Crippen LogP contribution in [0.5, 0.6) is 0 Å². The molecule has 0 spiro atoms. The van der Waals surface area contributed by atoms with Gasteiger partial charge in [0, 0.05) is 24.6 Å². The van der Waals surface area contributed by atoms with Gasteiger partial charge in [-0.15, -0.1) is 0 Å². The van der Waals surface area contributed by atoms with Crippen molar-refractivity contribution in [3.8, 4) is 0 Å². The van der Waals surface area contributed by atoms with Crippen LogP contribution in [0.25, 0.3) is 0 Å². The van der Waals surface area contributed by atoms with Crippen LogP contribution in [-0.4, -0.2) is 12.3 Å². The number of anilines is 1. The first-order chi connectivity index (χ1) is 10.1. The predicted molar refractivity (Wildman–Crippen MR) is 87.5 cm³/mol. The van der Waals surface area contributed by atoms with Crippen LogP contribution in [0.3, 0.4) is 0 Å². The number of benzene rings is 2. The number of hydrogen-bond acceptors (Lipinski definition) is 2. The van der Waals surface area contributed by atoms with Gasteiger partial charge in [-0.05, 0) is 35.7 Å². The molecule has 0 amide bonds. The standard InChI is InChI=1S/C17H15Cl2NO/c18-14-6-5-11(9-15(14)19)10-17(21)13-7-8-20-16-4-2-1-3-12(13)16/h1-6,9,13,20H,7-8,10H2. The topological polar surface area (TPSA) is 29.1 Å². The number of hydrogen-bond donors (Lipinski definition) is 1. The summed E-state index contributed by atoms with van der Waals surface area (Å²) < 4.78 is 0. The van der Waals surface area contributed by atoms with Gasteiger partial charge in [-0.2, -0.15) is 0 Å². The van der Waals surface area contributed by atoms with E-state index in [2.05, 4.69) is 5.32 Å². The highest BCUT2D eigenvalue weighted by atomic mass is 35.5. The van der Waals surface area contributed by atoms with Crippen LogP contribution in [0.2, 0.25) is 10.0 Å². The van der Waals surface area contributed by atoms with Crippen molar-refractivity contribution in [2.45, 2.75) is 18.8 Å². The number of carbonyl (C=O) groups excluding carboxylic acids is 1. The lowest BCUT2D eigenvalue weighted by Crippen LogP contribution is -2.24. The Kier molecular flexibility index (Phi) is 4.18. The van der Waals surface area contributed by atoms with Crippen molar-refractivity contribution >= 4 is 34.7 Å². The van der Waals surface area contributed by atoms with Crippen LogP contribution in [-0.2, 0) is 11.2 Å². The van der Waals surface area contributed by atoms with E-state index in [1.807, 2.05) is 30.3 Å². The highest BCUT2D eigenvalue weighted by Crippen LogP contribution is 2.33. The molecule has 0 aromatic heterocycles. The van der Waals surface area contributed by atoms with Gasteiger partial charge >= 0.3 is 0 Å². The first-order valence-electron chi connectivity index (χ1n) is 6.94. The maximum absolute atomic E-state index is 12.6. The molecule has 1 aliphatic heterocycles. The van der Waals surface area contributed by atoms with Crippen molar-refractivity contribution in [1.29, 1.82) is 0 Å². The quantitative estimate of drug-likeness (QED) is 0.888. The van der Waals surface area contributed by atoms with Gasteiger partial charge in [0.25, 0.3) is 0 Å². The van der Waals surface area contributed by atoms with E-state index in [0.717, 1.165) is 29.8 Å². The Morgan fingerprint density at radius 3 is 2.76 bits per heavy atom. The molecule has 0 saturated carbocycles. The minimum Gasteiger partial charge on any atom is -0.385 e. The number of ketones is 1. The summed E-state index contributed by atoms with van der Waals surface area (Å²) in [4.78, 5) is 12.6. The molecular formula is C17H15Cl2NO. The van der Waals surface area contributed by atoms with E-state index < -0.39 is 0 Å². The van der Waals surface area contributed by atoms with E-state index in [4.69, 9.17) is 23.2 Å². The summed E-state index contributed by atoms with van der Waals surface area (Å²) in [6.07, 6.45) is 1.22. The number of rotatable bonds is 3. The van der Waals surface area contributed by atoms with Gasteiger partial charge < -0.3 is 5.32 Å². The summed E-state index contributed by atoms with van der Waals surface area (Å²) in [6, 6.07) is 13.4. The van der Waals surface area contributed by atoms with Crippen LogP contribution in [0, 0.1) is 0 Å². The van der Waals surface area contributed by atoms with Gasteiger partial charge in [0.05, 0.1) is 10.0 Å². The molecule has 1 N–H and O–H groups in total. The molecule has 0 radical (unpaired) electrons. The Balaban J connectivity index is 1.81. The summed E-state index contributed by atoms with van der Waals surface area (Å²) in [7, 11) is 0. The summed E-state index contributed by atoms with van der Waals surface area (Å²) >= 11 is 11.9. The normalized spacial score (nSPS) is 17.0. The van der Waals surface area contributed by atoms with E-state index in [1.165, 1.54) is 0 Å². The van der Waals surface area contributed by atoms with Gasteiger partial charge in [-0.3, -0.25) is 4.79 Å². The van der Waals surface area contributed by atoms with E-state index in [-0.39, 0.29) is 11.7 Å². The lowest BCUT2D eigenvalue weighted by atomic mass is 9.85. The number of nitrogens with one attached hydrogen (secondary N) is 1. The SMILES string of the molecule is O=C(Cc1ccc(Cl)c(Cl)c1)C1CCNc2ccccc21. The molecule has 21 heavy (non-hydrogen) atoms. The first-order valence-corrected chi connectivity index (χ1v) is 7.70. The maximum Gasteiger partial charge on any atom is 0.144 e. The molecule has 4 heteroatoms. The molecule has 1 aliphatic rings. The second kappa shape index (κ2) is 6.08. The van der Waals surface area contributed by atoms with Gasteiger partial charge in [0.1, 0.15) is 5.78 Å². The molecule has 0 saturated heterocycles. The summed E-state index contributed by atoms with van der Waals surface area (Å²) in [5, 5.41) is 4.34. The maximum atomic E-state index is 12.6. The third kappa shape index (κ3) is 3.07. The molecule has 3 rings (SSSR count). The minimum atomic E-state index is -0.0445. The summed E-state index contributed by atoms with van der Waals surface area (Å²) in [5.74, 6) is 0.180. The molecule has 1 heterocycles. The van der Waals surface area contributed by atoms with Crippen molar-refractivity contribution in [2.24, 2.45) is 0 Å². The molecule has 0 bridgehead atoms. The van der Waals surface area contributed by atoms with Crippen LogP contribution < -0.4 is 5.32 Å². The van der Waals surface area contributed by atoms with E-state index in [9.17, 15) is 4.79 Å². The fraction of sp³-hybridized carbons (Fsp3) is 0.235. The smallest absolute Gasteiger partial charge is 0.144 e. The molecule has 2 aromatic rings. The van der Waals surface area contributed by atoms with Crippen molar-refractivity contribution in [2.75, 3.05) is 11.9 Å². The fourth-order valence-corrected chi connectivity index (χ4v) is 3.10. The van der Waals surface area contributed by atoms with Crippen molar-refractivity contribution in [3.05, 3.63) is 63.6 Å². The molecule has 2 nitrogen and oxygen atoms in total. The van der Waals surface area contributed by atoms with Gasteiger partial charge in [-0.1, -0.05) is 47.5 Å². The zero-order valence-electron chi connectivity index (χ0n) is 11.4. The van der Waals surface area contributed by atoms with Gasteiger partial charge in [0.15, 0.2) is 0 Å². The highest BCUT2D eigenvalue weighted by Gasteiger charge is 2.25. The number of halogens is 2. The van der Waals surface area contributed by atoms with Crippen molar-refractivity contribution in [1.82, 2.24) is 0 Å². The predicted octanol–water partition coefficient (Wildman–Crippen LogP) is 4.70. The highest BCUT2D eigenvalue weighted by molar-refractivity contribution is 6.42. The summed E-state index contributed by atoms with van der Waals surface area (Å²) in [5.41, 5.74) is 3.07. The second-order valence-electron chi connectivity index (χ2n) is 5.25. The molecular weight excluding hydrogens is 305 g/mol. The average Bonchev–Trinajstić information content (AvgIpc) is 2.50. The van der Waals surface area contributed by atoms with E-state index >= 15 is 0 Å². The third-order valence-electron chi connectivity index (χ3n) is 3.84. The van der Waals surface area contributed by atoms with E-state index in [0.29, 0.717) is 16.5 Å². The monoisotopic (exact) mass is 319 g/mol. The zero-order chi connectivity index (χ0) is 14.8. The Labute approximate surface area is 134 Å². The van der Waals surface area contributed by atoms with E-state index in [1.54, 1.807) is 12.1 Å². The van der Waals surface area contributed by atoms with Gasteiger partial charge in [0.2, 0.25) is 0 Å². The summed E-state index contributed by atoms with van der Waals surface area (Å²) in [6.45, 7) is 0.828. The number of carbonyl (C=O) groups is 1. The van der Waals surface area contributed by atoms with Crippen LogP contribution in [0.1, 0.15) is 23.5 Å². The molecule has 1 unspecified atom stereocenters. The molecule has 1 atom stereocenters. The second-order valence-corrected chi connectivity index (χ2v) is 6.06. The molecule has 0 fully saturated rings. The fourth-order valence-electron chi connectivity index (χ4n) is 2.78. The Bertz CT molecular complexity index is 684. The Hall–Kier alpha value is -1.51. The Morgan fingerprint density at radius 1 is 1.14 bits per heavy atom. The third-order valence-corrected chi connectivity index (χ3v) is 4.57. The van der Waals surface area contributed by atoms with Gasteiger partial charge in [-0.25, -0.2) is 0 Å². The number of para-hydroxylation sites is 1. The average molecular weight is 320 g/mol. The Morgan fingerprint density at radius 2 is 1.95 bits per heavy atom. The zero-order valence-corrected chi connectivity index (χ0v) is 12.9. The van der Waals surface area contributed by atoms with Crippen LogP contribution in [0.15, 0.2) is 42.5 Å². The number of Topliss-reactive ketones (excluding diaryl/α,β-unsaturated/α-hetero) is 1. The van der Waals surface area contributed by atoms with Crippen molar-refractivity contribution < 1.29 is 4.79 Å². The minimum absolute atomic E-state index is 0.0445. The first kappa shape index (κ1) is 14.4. The number of fused-ring (bicyclic) bond motifs is 1. The lowest BCUT2D eigenvalue weighted by molar-refractivity contribution is -0.120. The molecule has 108 valence electrons. The molecule has 0 aliphatic carbocycles. The lowest BCUT2D eigenvalue weighted by Gasteiger charge is -2.25.